The molecule has 0 radical (unpaired) electrons. The van der Waals surface area contributed by atoms with Gasteiger partial charge in [0.15, 0.2) is 0 Å². The molecule has 1 aliphatic heterocycles. The van der Waals surface area contributed by atoms with E-state index in [2.05, 4.69) is 0 Å². The van der Waals surface area contributed by atoms with Crippen molar-refractivity contribution in [2.75, 3.05) is 0 Å². The topological polar surface area (TPSA) is 52.6 Å². The molecule has 0 fully saturated rings. The molecular weight excluding hydrogens is 280 g/mol. The fourth-order valence-electron chi connectivity index (χ4n) is 2.51. The molecule has 22 heavy (non-hydrogen) atoms. The second kappa shape index (κ2) is 6.02. The van der Waals surface area contributed by atoms with Crippen LogP contribution in [-0.2, 0) is 20.7 Å². The smallest absolute Gasteiger partial charge is 0.348 e. The van der Waals surface area contributed by atoms with Crippen molar-refractivity contribution < 1.29 is 19.1 Å². The predicted octanol–water partition coefficient (Wildman–Crippen LogP) is 3.07. The van der Waals surface area contributed by atoms with E-state index in [1.165, 1.54) is 0 Å². The first-order valence-electron chi connectivity index (χ1n) is 7.19. The fraction of sp³-hybridized carbons (Fsp3) is 0.222. The molecule has 0 bridgehead atoms. The summed E-state index contributed by atoms with van der Waals surface area (Å²) in [5, 5.41) is 0. The number of benzene rings is 2. The Kier molecular flexibility index (Phi) is 3.92. The lowest BCUT2D eigenvalue weighted by Crippen LogP contribution is -2.35. The molecule has 1 heterocycles. The van der Waals surface area contributed by atoms with E-state index in [1.54, 1.807) is 19.1 Å². The number of fused-ring (bicyclic) bond motifs is 1. The number of hydrogen-bond donors (Lipinski definition) is 0. The Bertz CT molecular complexity index is 693. The molecule has 112 valence electrons. The average Bonchev–Trinajstić information content (AvgIpc) is 2.55. The first-order chi connectivity index (χ1) is 10.6. The van der Waals surface area contributed by atoms with E-state index in [0.29, 0.717) is 12.0 Å². The second-order valence-corrected chi connectivity index (χ2v) is 5.25. The third-order valence-electron chi connectivity index (χ3n) is 3.72. The van der Waals surface area contributed by atoms with Crippen molar-refractivity contribution in [1.82, 2.24) is 0 Å². The summed E-state index contributed by atoms with van der Waals surface area (Å²) in [6.07, 6.45) is -0.916. The van der Waals surface area contributed by atoms with Crippen molar-refractivity contribution >= 4 is 11.9 Å². The molecule has 2 atom stereocenters. The minimum Gasteiger partial charge on any atom is -0.455 e. The number of carbonyl (C=O) groups is 2. The van der Waals surface area contributed by atoms with Crippen LogP contribution in [-0.4, -0.2) is 18.0 Å². The van der Waals surface area contributed by atoms with Gasteiger partial charge in [-0.3, -0.25) is 0 Å². The van der Waals surface area contributed by atoms with Gasteiger partial charge < -0.3 is 9.47 Å². The van der Waals surface area contributed by atoms with Gasteiger partial charge in [-0.2, -0.15) is 0 Å². The predicted molar refractivity (Wildman–Crippen MR) is 80.3 cm³/mol. The molecule has 0 aliphatic carbocycles. The lowest BCUT2D eigenvalue weighted by atomic mass is 9.99. The van der Waals surface area contributed by atoms with Gasteiger partial charge in [-0.1, -0.05) is 48.5 Å². The molecular formula is C18H16O4. The standard InChI is InChI=1S/C18H16O4/c1-12(13-7-3-2-4-8-13)21-18(20)16-11-14-9-5-6-10-15(14)17(19)22-16/h2-10,12,16H,11H2,1H3/t12-,16+/m0/s1. The normalized spacial score (nSPS) is 18.0. The van der Waals surface area contributed by atoms with Crippen LogP contribution in [0.2, 0.25) is 0 Å². The summed E-state index contributed by atoms with van der Waals surface area (Å²) in [5.41, 5.74) is 2.23. The lowest BCUT2D eigenvalue weighted by Gasteiger charge is -2.24. The van der Waals surface area contributed by atoms with E-state index >= 15 is 0 Å². The average molecular weight is 296 g/mol. The van der Waals surface area contributed by atoms with E-state index in [1.807, 2.05) is 42.5 Å². The third kappa shape index (κ3) is 2.86. The summed E-state index contributed by atoms with van der Waals surface area (Å²) in [6, 6.07) is 16.6. The van der Waals surface area contributed by atoms with Gasteiger partial charge in [0, 0.05) is 6.42 Å². The van der Waals surface area contributed by atoms with Gasteiger partial charge in [-0.25, -0.2) is 9.59 Å². The molecule has 0 unspecified atom stereocenters. The van der Waals surface area contributed by atoms with Gasteiger partial charge in [0.2, 0.25) is 6.10 Å². The Labute approximate surface area is 128 Å². The number of hydrogen-bond acceptors (Lipinski definition) is 4. The zero-order valence-corrected chi connectivity index (χ0v) is 12.2. The molecule has 0 saturated carbocycles. The highest BCUT2D eigenvalue weighted by atomic mass is 16.6. The summed E-state index contributed by atoms with van der Waals surface area (Å²) in [7, 11) is 0. The Balaban J connectivity index is 1.70. The number of ether oxygens (including phenoxy) is 2. The Hall–Kier alpha value is -2.62. The molecule has 0 N–H and O–H groups in total. The Morgan fingerprint density at radius 2 is 1.82 bits per heavy atom. The van der Waals surface area contributed by atoms with Crippen LogP contribution in [0.5, 0.6) is 0 Å². The van der Waals surface area contributed by atoms with Gasteiger partial charge in [0.1, 0.15) is 6.10 Å². The first-order valence-corrected chi connectivity index (χ1v) is 7.19. The van der Waals surface area contributed by atoms with Crippen molar-refractivity contribution in [3.05, 3.63) is 71.3 Å². The SMILES string of the molecule is C[C@H](OC(=O)[C@H]1Cc2ccccc2C(=O)O1)c1ccccc1. The van der Waals surface area contributed by atoms with Crippen molar-refractivity contribution in [3.63, 3.8) is 0 Å². The summed E-state index contributed by atoms with van der Waals surface area (Å²) >= 11 is 0. The maximum atomic E-state index is 12.2. The largest absolute Gasteiger partial charge is 0.455 e. The zero-order valence-electron chi connectivity index (χ0n) is 12.2. The molecule has 0 saturated heterocycles. The highest BCUT2D eigenvalue weighted by Gasteiger charge is 2.33. The number of cyclic esters (lactones) is 1. The Morgan fingerprint density at radius 1 is 1.14 bits per heavy atom. The van der Waals surface area contributed by atoms with E-state index in [0.717, 1.165) is 11.1 Å². The lowest BCUT2D eigenvalue weighted by molar-refractivity contribution is -0.159. The second-order valence-electron chi connectivity index (χ2n) is 5.25. The van der Waals surface area contributed by atoms with Gasteiger partial charge in [0.25, 0.3) is 0 Å². The van der Waals surface area contributed by atoms with E-state index < -0.39 is 18.0 Å². The van der Waals surface area contributed by atoms with Crippen molar-refractivity contribution in [1.29, 1.82) is 0 Å². The van der Waals surface area contributed by atoms with Gasteiger partial charge in [0.05, 0.1) is 5.56 Å². The molecule has 4 nitrogen and oxygen atoms in total. The monoisotopic (exact) mass is 296 g/mol. The summed E-state index contributed by atoms with van der Waals surface area (Å²) in [4.78, 5) is 24.2. The van der Waals surface area contributed by atoms with Gasteiger partial charge >= 0.3 is 11.9 Å². The van der Waals surface area contributed by atoms with E-state index in [-0.39, 0.29) is 6.10 Å². The maximum absolute atomic E-state index is 12.2. The number of rotatable bonds is 3. The molecule has 0 aromatic heterocycles. The summed E-state index contributed by atoms with van der Waals surface area (Å²) in [6.45, 7) is 1.80. The van der Waals surface area contributed by atoms with Gasteiger partial charge in [-0.05, 0) is 24.1 Å². The van der Waals surface area contributed by atoms with Crippen molar-refractivity contribution in [2.24, 2.45) is 0 Å². The molecule has 3 rings (SSSR count). The molecule has 2 aromatic carbocycles. The molecule has 0 amide bonds. The van der Waals surface area contributed by atoms with Crippen molar-refractivity contribution in [3.8, 4) is 0 Å². The Morgan fingerprint density at radius 3 is 2.59 bits per heavy atom. The van der Waals surface area contributed by atoms with Crippen LogP contribution in [0.4, 0.5) is 0 Å². The molecule has 4 heteroatoms. The van der Waals surface area contributed by atoms with Crippen LogP contribution in [0.15, 0.2) is 54.6 Å². The molecule has 0 spiro atoms. The number of esters is 2. The van der Waals surface area contributed by atoms with E-state index in [9.17, 15) is 9.59 Å². The maximum Gasteiger partial charge on any atom is 0.348 e. The van der Waals surface area contributed by atoms with Crippen LogP contribution < -0.4 is 0 Å². The molecule has 1 aliphatic rings. The highest BCUT2D eigenvalue weighted by molar-refractivity contribution is 5.94. The van der Waals surface area contributed by atoms with Crippen molar-refractivity contribution in [2.45, 2.75) is 25.6 Å². The number of carbonyl (C=O) groups excluding carboxylic acids is 2. The van der Waals surface area contributed by atoms with Crippen LogP contribution in [0.1, 0.15) is 34.5 Å². The van der Waals surface area contributed by atoms with Crippen LogP contribution in [0, 0.1) is 0 Å². The third-order valence-corrected chi connectivity index (χ3v) is 3.72. The minimum atomic E-state index is -0.881. The van der Waals surface area contributed by atoms with E-state index in [4.69, 9.17) is 9.47 Å². The fourth-order valence-corrected chi connectivity index (χ4v) is 2.51. The first kappa shape index (κ1) is 14.3. The minimum absolute atomic E-state index is 0.349. The summed E-state index contributed by atoms with van der Waals surface area (Å²) < 4.78 is 10.6. The van der Waals surface area contributed by atoms with Crippen LogP contribution >= 0.6 is 0 Å². The van der Waals surface area contributed by atoms with Crippen LogP contribution in [0.3, 0.4) is 0 Å². The van der Waals surface area contributed by atoms with Crippen LogP contribution in [0.25, 0.3) is 0 Å². The van der Waals surface area contributed by atoms with Gasteiger partial charge in [-0.15, -0.1) is 0 Å². The molecule has 2 aromatic rings. The summed E-state index contributed by atoms with van der Waals surface area (Å²) in [5.74, 6) is -0.990. The zero-order chi connectivity index (χ0) is 15.5. The quantitative estimate of drug-likeness (QED) is 0.817. The highest BCUT2D eigenvalue weighted by Crippen LogP contribution is 2.23.